The van der Waals surface area contributed by atoms with Gasteiger partial charge in [-0.25, -0.2) is 0 Å². The lowest BCUT2D eigenvalue weighted by atomic mass is 10.1. The average Bonchev–Trinajstić information content (AvgIpc) is 2.97. The van der Waals surface area contributed by atoms with Crippen LogP contribution in [0.3, 0.4) is 0 Å². The van der Waals surface area contributed by atoms with Gasteiger partial charge in [-0.15, -0.1) is 0 Å². The third kappa shape index (κ3) is 3.85. The van der Waals surface area contributed by atoms with Gasteiger partial charge >= 0.3 is 0 Å². The van der Waals surface area contributed by atoms with E-state index in [2.05, 4.69) is 54.0 Å². The Labute approximate surface area is 128 Å². The van der Waals surface area contributed by atoms with Gasteiger partial charge < -0.3 is 9.64 Å². The topological polar surface area (TPSA) is 15.7 Å². The van der Waals surface area contributed by atoms with Gasteiger partial charge in [0.25, 0.3) is 0 Å². The monoisotopic (exact) mass is 288 g/mol. The molecule has 0 unspecified atom stereocenters. The first kappa shape index (κ1) is 15.0. The highest BCUT2D eigenvalue weighted by atomic mass is 16.5. The fourth-order valence-electron chi connectivity index (χ4n) is 3.66. The van der Waals surface area contributed by atoms with Gasteiger partial charge in [0.2, 0.25) is 0 Å². The van der Waals surface area contributed by atoms with Gasteiger partial charge in [0.15, 0.2) is 0 Å². The van der Waals surface area contributed by atoms with Crippen molar-refractivity contribution in [3.05, 3.63) is 35.9 Å². The quantitative estimate of drug-likeness (QED) is 0.846. The van der Waals surface area contributed by atoms with Gasteiger partial charge in [-0.05, 0) is 38.8 Å². The van der Waals surface area contributed by atoms with E-state index in [-0.39, 0.29) is 0 Å². The number of benzene rings is 1. The van der Waals surface area contributed by atoms with Gasteiger partial charge in [-0.2, -0.15) is 0 Å². The van der Waals surface area contributed by atoms with Crippen molar-refractivity contribution in [2.75, 3.05) is 32.8 Å². The van der Waals surface area contributed by atoms with Crippen molar-refractivity contribution in [3.8, 4) is 0 Å². The largest absolute Gasteiger partial charge is 0.376 e. The van der Waals surface area contributed by atoms with E-state index in [1.54, 1.807) is 0 Å². The van der Waals surface area contributed by atoms with E-state index >= 15 is 0 Å². The standard InChI is InChI=1S/C18H28N2O/c1-15-14-21-16(2)12-20(15)18-9-11-19(13-18)10-8-17-6-4-3-5-7-17/h3-7,15-16,18H,8-14H2,1-2H3/t15-,16-,18-/m1/s1. The first-order valence-corrected chi connectivity index (χ1v) is 8.36. The van der Waals surface area contributed by atoms with Crippen LogP contribution in [0.5, 0.6) is 0 Å². The number of rotatable bonds is 4. The molecule has 1 aromatic rings. The van der Waals surface area contributed by atoms with Crippen LogP contribution in [0.15, 0.2) is 30.3 Å². The molecule has 2 aliphatic heterocycles. The van der Waals surface area contributed by atoms with E-state index < -0.39 is 0 Å². The number of morpholine rings is 1. The summed E-state index contributed by atoms with van der Waals surface area (Å²) >= 11 is 0. The van der Waals surface area contributed by atoms with Crippen LogP contribution in [0.2, 0.25) is 0 Å². The Hall–Kier alpha value is -0.900. The van der Waals surface area contributed by atoms with E-state index in [1.807, 2.05) is 0 Å². The van der Waals surface area contributed by atoms with E-state index in [9.17, 15) is 0 Å². The molecule has 3 rings (SSSR count). The minimum atomic E-state index is 0.388. The summed E-state index contributed by atoms with van der Waals surface area (Å²) in [7, 11) is 0. The molecule has 0 saturated carbocycles. The summed E-state index contributed by atoms with van der Waals surface area (Å²) in [5.74, 6) is 0. The van der Waals surface area contributed by atoms with Crippen molar-refractivity contribution in [2.24, 2.45) is 0 Å². The Morgan fingerprint density at radius 1 is 1.14 bits per heavy atom. The van der Waals surface area contributed by atoms with Crippen molar-refractivity contribution in [1.29, 1.82) is 0 Å². The first-order chi connectivity index (χ1) is 10.2. The molecule has 21 heavy (non-hydrogen) atoms. The lowest BCUT2D eigenvalue weighted by Gasteiger charge is -2.40. The summed E-state index contributed by atoms with van der Waals surface area (Å²) in [6.07, 6.45) is 2.87. The number of likely N-dealkylation sites (tertiary alicyclic amines) is 1. The van der Waals surface area contributed by atoms with Crippen molar-refractivity contribution in [1.82, 2.24) is 9.80 Å². The molecule has 0 aromatic heterocycles. The second-order valence-electron chi connectivity index (χ2n) is 6.67. The Bertz CT molecular complexity index is 436. The number of hydrogen-bond acceptors (Lipinski definition) is 3. The molecule has 2 aliphatic rings. The Balaban J connectivity index is 1.48. The van der Waals surface area contributed by atoms with Crippen LogP contribution >= 0.6 is 0 Å². The van der Waals surface area contributed by atoms with Crippen LogP contribution in [-0.2, 0) is 11.2 Å². The zero-order chi connectivity index (χ0) is 14.7. The normalized spacial score (nSPS) is 31.6. The molecule has 1 aromatic carbocycles. The molecule has 116 valence electrons. The van der Waals surface area contributed by atoms with E-state index in [0.717, 1.165) is 19.2 Å². The molecule has 2 saturated heterocycles. The molecule has 0 aliphatic carbocycles. The lowest BCUT2D eigenvalue weighted by molar-refractivity contribution is -0.0642. The van der Waals surface area contributed by atoms with E-state index in [1.165, 1.54) is 38.0 Å². The maximum atomic E-state index is 5.76. The number of hydrogen-bond donors (Lipinski definition) is 0. The maximum Gasteiger partial charge on any atom is 0.0674 e. The second kappa shape index (κ2) is 6.91. The lowest BCUT2D eigenvalue weighted by Crippen LogP contribution is -2.52. The fraction of sp³-hybridized carbons (Fsp3) is 0.667. The van der Waals surface area contributed by atoms with Crippen LogP contribution in [0.1, 0.15) is 25.8 Å². The van der Waals surface area contributed by atoms with Crippen LogP contribution in [0.25, 0.3) is 0 Å². The van der Waals surface area contributed by atoms with Crippen LogP contribution in [0, 0.1) is 0 Å². The molecule has 2 heterocycles. The minimum Gasteiger partial charge on any atom is -0.376 e. The fourth-order valence-corrected chi connectivity index (χ4v) is 3.66. The molecule has 3 heteroatoms. The third-order valence-corrected chi connectivity index (χ3v) is 4.93. The highest BCUT2D eigenvalue weighted by Gasteiger charge is 2.33. The maximum absolute atomic E-state index is 5.76. The molecule has 0 bridgehead atoms. The molecule has 3 atom stereocenters. The zero-order valence-corrected chi connectivity index (χ0v) is 13.4. The summed E-state index contributed by atoms with van der Waals surface area (Å²) in [5, 5.41) is 0. The zero-order valence-electron chi connectivity index (χ0n) is 13.4. The van der Waals surface area contributed by atoms with Crippen LogP contribution in [-0.4, -0.2) is 60.8 Å². The summed E-state index contributed by atoms with van der Waals surface area (Å²) < 4.78 is 5.76. The molecule has 0 N–H and O–H groups in total. The highest BCUT2D eigenvalue weighted by molar-refractivity contribution is 5.14. The van der Waals surface area contributed by atoms with Gasteiger partial charge in [0, 0.05) is 31.7 Å². The summed E-state index contributed by atoms with van der Waals surface area (Å²) in [5.41, 5.74) is 1.45. The molecular weight excluding hydrogens is 260 g/mol. The van der Waals surface area contributed by atoms with Crippen LogP contribution in [0.4, 0.5) is 0 Å². The smallest absolute Gasteiger partial charge is 0.0674 e. The number of nitrogens with zero attached hydrogens (tertiary/aromatic N) is 2. The Morgan fingerprint density at radius 3 is 2.76 bits per heavy atom. The SMILES string of the molecule is C[C@@H]1CN([C@@H]2CCN(CCc3ccccc3)C2)[C@H](C)CO1. The summed E-state index contributed by atoms with van der Waals surface area (Å²) in [6, 6.07) is 12.1. The molecule has 3 nitrogen and oxygen atoms in total. The van der Waals surface area contributed by atoms with Crippen molar-refractivity contribution in [3.63, 3.8) is 0 Å². The predicted octanol–water partition coefficient (Wildman–Crippen LogP) is 2.41. The second-order valence-corrected chi connectivity index (χ2v) is 6.67. The molecule has 0 amide bonds. The van der Waals surface area contributed by atoms with E-state index in [4.69, 9.17) is 4.74 Å². The highest BCUT2D eigenvalue weighted by Crippen LogP contribution is 2.22. The summed E-state index contributed by atoms with van der Waals surface area (Å²) in [4.78, 5) is 5.31. The molecule has 0 spiro atoms. The van der Waals surface area contributed by atoms with Gasteiger partial charge in [-0.1, -0.05) is 30.3 Å². The molecule has 2 fully saturated rings. The average molecular weight is 288 g/mol. The van der Waals surface area contributed by atoms with Gasteiger partial charge in [-0.3, -0.25) is 4.90 Å². The first-order valence-electron chi connectivity index (χ1n) is 8.36. The molecule has 0 radical (unpaired) electrons. The summed E-state index contributed by atoms with van der Waals surface area (Å²) in [6.45, 7) is 10.1. The van der Waals surface area contributed by atoms with Gasteiger partial charge in [0.05, 0.1) is 12.7 Å². The van der Waals surface area contributed by atoms with Crippen molar-refractivity contribution < 1.29 is 4.74 Å². The van der Waals surface area contributed by atoms with Crippen molar-refractivity contribution >= 4 is 0 Å². The van der Waals surface area contributed by atoms with Crippen molar-refractivity contribution in [2.45, 2.75) is 44.9 Å². The van der Waals surface area contributed by atoms with E-state index in [0.29, 0.717) is 12.1 Å². The number of ether oxygens (including phenoxy) is 1. The molecular formula is C18H28N2O. The third-order valence-electron chi connectivity index (χ3n) is 4.93. The Kier molecular flexibility index (Phi) is 4.94. The van der Waals surface area contributed by atoms with Gasteiger partial charge in [0.1, 0.15) is 0 Å². The Morgan fingerprint density at radius 2 is 1.95 bits per heavy atom. The minimum absolute atomic E-state index is 0.388. The van der Waals surface area contributed by atoms with Crippen LogP contribution < -0.4 is 0 Å². The predicted molar refractivity (Wildman–Crippen MR) is 86.6 cm³/mol.